The van der Waals surface area contributed by atoms with Crippen molar-refractivity contribution in [1.82, 2.24) is 15.4 Å². The number of ether oxygens (including phenoxy) is 1. The second kappa shape index (κ2) is 3.71. The summed E-state index contributed by atoms with van der Waals surface area (Å²) in [6.45, 7) is 0. The van der Waals surface area contributed by atoms with E-state index in [1.54, 1.807) is 7.11 Å². The molecule has 4 nitrogen and oxygen atoms in total. The molecule has 5 heteroatoms. The zero-order valence-electron chi connectivity index (χ0n) is 6.34. The van der Waals surface area contributed by atoms with Gasteiger partial charge in [-0.25, -0.2) is 0 Å². The number of fused-ring (bicyclic) bond motifs is 1. The minimum atomic E-state index is 0. The topological polar surface area (TPSA) is 50.8 Å². The van der Waals surface area contributed by atoms with Crippen LogP contribution in [0.1, 0.15) is 0 Å². The minimum Gasteiger partial charge on any atom is -0.497 e. The monoisotopic (exact) mass is 256 g/mol. The summed E-state index contributed by atoms with van der Waals surface area (Å²) in [7, 11) is 1.63. The number of benzene rings is 1. The van der Waals surface area contributed by atoms with Gasteiger partial charge in [0.1, 0.15) is 16.8 Å². The van der Waals surface area contributed by atoms with Crippen LogP contribution in [0.5, 0.6) is 5.75 Å². The number of methoxy groups -OCH3 is 1. The SMILES string of the molecule is COc1ccc2n[nH]nc2c1.[Ag+]. The Kier molecular flexibility index (Phi) is 2.86. The van der Waals surface area contributed by atoms with E-state index >= 15 is 0 Å². The molecule has 0 aliphatic carbocycles. The number of nitrogens with zero attached hydrogens (tertiary/aromatic N) is 2. The number of rotatable bonds is 1. The van der Waals surface area contributed by atoms with Gasteiger partial charge in [0.05, 0.1) is 7.11 Å². The van der Waals surface area contributed by atoms with Crippen LogP contribution in [0.3, 0.4) is 0 Å². The number of H-pyrrole nitrogens is 1. The third-order valence-corrected chi connectivity index (χ3v) is 1.52. The standard InChI is InChI=1S/C7H7N3O.Ag/c1-11-5-2-3-6-7(4-5)9-10-8-6;/h2-4H,1H3,(H,8,9,10);/q;+1. The fourth-order valence-electron chi connectivity index (χ4n) is 0.947. The zero-order chi connectivity index (χ0) is 7.68. The van der Waals surface area contributed by atoms with Gasteiger partial charge in [0.2, 0.25) is 0 Å². The van der Waals surface area contributed by atoms with Gasteiger partial charge in [0, 0.05) is 6.07 Å². The van der Waals surface area contributed by atoms with Crippen LogP contribution in [-0.2, 0) is 22.4 Å². The summed E-state index contributed by atoms with van der Waals surface area (Å²) in [6.07, 6.45) is 0. The normalized spacial score (nSPS) is 9.42. The van der Waals surface area contributed by atoms with Crippen LogP contribution in [0, 0.1) is 0 Å². The van der Waals surface area contributed by atoms with E-state index in [0.717, 1.165) is 16.8 Å². The maximum Gasteiger partial charge on any atom is 1.00 e. The summed E-state index contributed by atoms with van der Waals surface area (Å²) < 4.78 is 5.01. The molecule has 0 saturated carbocycles. The molecule has 66 valence electrons. The van der Waals surface area contributed by atoms with Crippen LogP contribution in [0.15, 0.2) is 18.2 Å². The quantitative estimate of drug-likeness (QED) is 0.774. The van der Waals surface area contributed by atoms with Crippen LogP contribution < -0.4 is 4.74 Å². The van der Waals surface area contributed by atoms with Crippen molar-refractivity contribution in [3.63, 3.8) is 0 Å². The first kappa shape index (κ1) is 9.25. The molecule has 0 unspecified atom stereocenters. The van der Waals surface area contributed by atoms with E-state index in [1.165, 1.54) is 0 Å². The molecule has 1 aromatic heterocycles. The molecular formula is C7H7AgN3O+. The number of nitrogens with one attached hydrogen (secondary N) is 1. The first-order valence-corrected chi connectivity index (χ1v) is 3.24. The van der Waals surface area contributed by atoms with E-state index < -0.39 is 0 Å². The van der Waals surface area contributed by atoms with E-state index in [2.05, 4.69) is 15.4 Å². The van der Waals surface area contributed by atoms with Gasteiger partial charge in [-0.05, 0) is 12.1 Å². The predicted octanol–water partition coefficient (Wildman–Crippen LogP) is 0.964. The van der Waals surface area contributed by atoms with Crippen molar-refractivity contribution in [3.05, 3.63) is 18.2 Å². The van der Waals surface area contributed by atoms with Crippen LogP contribution in [0.4, 0.5) is 0 Å². The molecule has 1 heterocycles. The molecule has 0 aliphatic heterocycles. The molecule has 0 atom stereocenters. The molecule has 0 amide bonds. The summed E-state index contributed by atoms with van der Waals surface area (Å²) in [6, 6.07) is 5.54. The van der Waals surface area contributed by atoms with Crippen LogP contribution >= 0.6 is 0 Å². The van der Waals surface area contributed by atoms with E-state index in [0.29, 0.717) is 0 Å². The van der Waals surface area contributed by atoms with Gasteiger partial charge in [-0.2, -0.15) is 15.4 Å². The summed E-state index contributed by atoms with van der Waals surface area (Å²) in [5, 5.41) is 10.3. The van der Waals surface area contributed by atoms with Crippen molar-refractivity contribution >= 4 is 11.0 Å². The Morgan fingerprint density at radius 2 is 2.00 bits per heavy atom. The van der Waals surface area contributed by atoms with Gasteiger partial charge >= 0.3 is 22.4 Å². The summed E-state index contributed by atoms with van der Waals surface area (Å²) in [5.41, 5.74) is 1.68. The zero-order valence-corrected chi connectivity index (χ0v) is 7.82. The van der Waals surface area contributed by atoms with Crippen LogP contribution in [0.25, 0.3) is 11.0 Å². The summed E-state index contributed by atoms with van der Waals surface area (Å²) in [5.74, 6) is 0.798. The van der Waals surface area contributed by atoms with Crippen LogP contribution in [0.2, 0.25) is 0 Å². The number of aromatic nitrogens is 3. The van der Waals surface area contributed by atoms with Crippen molar-refractivity contribution in [1.29, 1.82) is 0 Å². The molecular weight excluding hydrogens is 250 g/mol. The number of hydrogen-bond donors (Lipinski definition) is 1. The van der Waals surface area contributed by atoms with E-state index in [9.17, 15) is 0 Å². The van der Waals surface area contributed by atoms with Crippen LogP contribution in [-0.4, -0.2) is 22.5 Å². The van der Waals surface area contributed by atoms with Gasteiger partial charge < -0.3 is 4.74 Å². The second-order valence-electron chi connectivity index (χ2n) is 2.18. The van der Waals surface area contributed by atoms with E-state index in [1.807, 2.05) is 18.2 Å². The van der Waals surface area contributed by atoms with Crippen molar-refractivity contribution in [2.75, 3.05) is 7.11 Å². The van der Waals surface area contributed by atoms with Crippen molar-refractivity contribution in [2.24, 2.45) is 0 Å². The molecule has 0 radical (unpaired) electrons. The second-order valence-corrected chi connectivity index (χ2v) is 2.18. The van der Waals surface area contributed by atoms with E-state index in [4.69, 9.17) is 4.74 Å². The molecule has 0 aliphatic rings. The third-order valence-electron chi connectivity index (χ3n) is 1.52. The molecule has 2 rings (SSSR count). The molecule has 2 aromatic rings. The fourth-order valence-corrected chi connectivity index (χ4v) is 0.947. The first-order valence-electron chi connectivity index (χ1n) is 3.24. The number of hydrogen-bond acceptors (Lipinski definition) is 3. The predicted molar refractivity (Wildman–Crippen MR) is 40.4 cm³/mol. The van der Waals surface area contributed by atoms with Gasteiger partial charge in [-0.15, -0.1) is 0 Å². The van der Waals surface area contributed by atoms with Gasteiger partial charge in [0.25, 0.3) is 0 Å². The maximum atomic E-state index is 5.01. The molecule has 0 fully saturated rings. The average Bonchev–Trinajstić information content (AvgIpc) is 2.50. The van der Waals surface area contributed by atoms with Crippen molar-refractivity contribution < 1.29 is 27.1 Å². The Morgan fingerprint density at radius 3 is 2.75 bits per heavy atom. The molecule has 0 spiro atoms. The Labute approximate surface area is 84.8 Å². The molecule has 1 aromatic carbocycles. The Balaban J connectivity index is 0.000000720. The third kappa shape index (κ3) is 1.50. The van der Waals surface area contributed by atoms with Gasteiger partial charge in [0.15, 0.2) is 0 Å². The minimum absolute atomic E-state index is 0. The molecule has 12 heavy (non-hydrogen) atoms. The first-order chi connectivity index (χ1) is 5.40. The Bertz CT molecular complexity index is 373. The smallest absolute Gasteiger partial charge is 0.497 e. The average molecular weight is 257 g/mol. The molecule has 0 saturated heterocycles. The van der Waals surface area contributed by atoms with Gasteiger partial charge in [-0.3, -0.25) is 0 Å². The molecule has 0 bridgehead atoms. The summed E-state index contributed by atoms with van der Waals surface area (Å²) in [4.78, 5) is 0. The van der Waals surface area contributed by atoms with Crippen molar-refractivity contribution in [2.45, 2.75) is 0 Å². The Morgan fingerprint density at radius 1 is 1.25 bits per heavy atom. The Hall–Kier alpha value is -0.840. The summed E-state index contributed by atoms with van der Waals surface area (Å²) >= 11 is 0. The number of aromatic amines is 1. The molecule has 1 N–H and O–H groups in total. The largest absolute Gasteiger partial charge is 1.00 e. The maximum absolute atomic E-state index is 5.01. The van der Waals surface area contributed by atoms with Gasteiger partial charge in [-0.1, -0.05) is 0 Å². The fraction of sp³-hybridized carbons (Fsp3) is 0.143. The van der Waals surface area contributed by atoms with Crippen molar-refractivity contribution in [3.8, 4) is 5.75 Å². The van der Waals surface area contributed by atoms with E-state index in [-0.39, 0.29) is 22.4 Å².